The van der Waals surface area contributed by atoms with E-state index in [0.717, 1.165) is 23.0 Å². The summed E-state index contributed by atoms with van der Waals surface area (Å²) in [6.45, 7) is 0. The van der Waals surface area contributed by atoms with Gasteiger partial charge in [-0.3, -0.25) is 4.79 Å². The van der Waals surface area contributed by atoms with E-state index in [1.807, 2.05) is 6.07 Å². The second kappa shape index (κ2) is 4.05. The Kier molecular flexibility index (Phi) is 2.33. The summed E-state index contributed by atoms with van der Waals surface area (Å²) in [5.41, 5.74) is 0.305. The number of aromatic nitrogens is 3. The molecular weight excluding hydrogens is 240 g/mol. The first-order valence-corrected chi connectivity index (χ1v) is 6.90. The van der Waals surface area contributed by atoms with E-state index in [0.29, 0.717) is 11.6 Å². The molecule has 5 heteroatoms. The smallest absolute Gasteiger partial charge is 0.274 e. The fraction of sp³-hybridized carbons (Fsp3) is 0.500. The SMILES string of the molecule is O=c1[nH]ccc2c(N[C@@H]3C[C@H]4CC[C@@H]3C4)ncnc12. The highest BCUT2D eigenvalue weighted by atomic mass is 16.1. The van der Waals surface area contributed by atoms with Gasteiger partial charge in [0.15, 0.2) is 0 Å². The van der Waals surface area contributed by atoms with Gasteiger partial charge in [0, 0.05) is 17.6 Å². The number of hydrogen-bond donors (Lipinski definition) is 2. The Balaban J connectivity index is 1.72. The van der Waals surface area contributed by atoms with Gasteiger partial charge >= 0.3 is 0 Å². The van der Waals surface area contributed by atoms with Crippen LogP contribution in [0, 0.1) is 11.8 Å². The van der Waals surface area contributed by atoms with Crippen LogP contribution in [0.4, 0.5) is 5.82 Å². The van der Waals surface area contributed by atoms with Gasteiger partial charge < -0.3 is 10.3 Å². The largest absolute Gasteiger partial charge is 0.366 e. The van der Waals surface area contributed by atoms with Crippen LogP contribution in [-0.2, 0) is 0 Å². The molecule has 0 spiro atoms. The Morgan fingerprint density at radius 2 is 2.21 bits per heavy atom. The second-order valence-electron chi connectivity index (χ2n) is 5.72. The molecule has 2 saturated carbocycles. The maximum absolute atomic E-state index is 11.7. The first kappa shape index (κ1) is 11.0. The molecule has 2 aromatic heterocycles. The van der Waals surface area contributed by atoms with Crippen LogP contribution >= 0.6 is 0 Å². The molecule has 2 bridgehead atoms. The van der Waals surface area contributed by atoms with Gasteiger partial charge in [-0.25, -0.2) is 9.97 Å². The van der Waals surface area contributed by atoms with Crippen molar-refractivity contribution in [3.05, 3.63) is 28.9 Å². The maximum atomic E-state index is 11.7. The van der Waals surface area contributed by atoms with Crippen LogP contribution in [0.2, 0.25) is 0 Å². The Hall–Kier alpha value is -1.91. The van der Waals surface area contributed by atoms with Crippen LogP contribution in [0.3, 0.4) is 0 Å². The average Bonchev–Trinajstić information content (AvgIpc) is 3.02. The van der Waals surface area contributed by atoms with Gasteiger partial charge in [0.1, 0.15) is 17.7 Å². The summed E-state index contributed by atoms with van der Waals surface area (Å²) >= 11 is 0. The van der Waals surface area contributed by atoms with E-state index in [9.17, 15) is 4.79 Å². The summed E-state index contributed by atoms with van der Waals surface area (Å²) in [5.74, 6) is 2.46. The lowest BCUT2D eigenvalue weighted by Gasteiger charge is -2.23. The van der Waals surface area contributed by atoms with Crippen molar-refractivity contribution < 1.29 is 0 Å². The molecule has 5 nitrogen and oxygen atoms in total. The molecule has 2 heterocycles. The molecule has 0 radical (unpaired) electrons. The highest BCUT2D eigenvalue weighted by Crippen LogP contribution is 2.45. The minimum atomic E-state index is -0.157. The molecule has 2 aliphatic carbocycles. The number of aromatic amines is 1. The van der Waals surface area contributed by atoms with Gasteiger partial charge in [-0.15, -0.1) is 0 Å². The molecule has 2 N–H and O–H groups in total. The molecule has 0 saturated heterocycles. The van der Waals surface area contributed by atoms with Crippen molar-refractivity contribution in [3.63, 3.8) is 0 Å². The molecule has 0 amide bonds. The first-order chi connectivity index (χ1) is 9.31. The van der Waals surface area contributed by atoms with Gasteiger partial charge in [0.25, 0.3) is 5.56 Å². The van der Waals surface area contributed by atoms with Gasteiger partial charge in [0.2, 0.25) is 0 Å². The summed E-state index contributed by atoms with van der Waals surface area (Å²) in [6.07, 6.45) is 8.41. The molecule has 2 aliphatic rings. The van der Waals surface area contributed by atoms with Crippen molar-refractivity contribution in [3.8, 4) is 0 Å². The minimum Gasteiger partial charge on any atom is -0.366 e. The molecule has 2 aromatic rings. The number of pyridine rings is 1. The van der Waals surface area contributed by atoms with Crippen molar-refractivity contribution in [2.24, 2.45) is 11.8 Å². The second-order valence-corrected chi connectivity index (χ2v) is 5.72. The summed E-state index contributed by atoms with van der Waals surface area (Å²) < 4.78 is 0. The Labute approximate surface area is 110 Å². The van der Waals surface area contributed by atoms with E-state index in [4.69, 9.17) is 0 Å². The fourth-order valence-corrected chi connectivity index (χ4v) is 3.72. The van der Waals surface area contributed by atoms with Crippen molar-refractivity contribution in [1.29, 1.82) is 0 Å². The van der Waals surface area contributed by atoms with Crippen LogP contribution in [0.1, 0.15) is 25.7 Å². The van der Waals surface area contributed by atoms with Crippen molar-refractivity contribution in [2.45, 2.75) is 31.7 Å². The number of rotatable bonds is 2. The molecule has 0 aliphatic heterocycles. The monoisotopic (exact) mass is 256 g/mol. The van der Waals surface area contributed by atoms with E-state index in [1.54, 1.807) is 6.20 Å². The van der Waals surface area contributed by atoms with E-state index in [1.165, 1.54) is 32.0 Å². The highest BCUT2D eigenvalue weighted by Gasteiger charge is 2.39. The summed E-state index contributed by atoms with van der Waals surface area (Å²) in [5, 5.41) is 4.35. The predicted octanol–water partition coefficient (Wildman–Crippen LogP) is 1.92. The number of hydrogen-bond acceptors (Lipinski definition) is 4. The molecule has 19 heavy (non-hydrogen) atoms. The minimum absolute atomic E-state index is 0.157. The average molecular weight is 256 g/mol. The molecule has 0 aromatic carbocycles. The van der Waals surface area contributed by atoms with Crippen molar-refractivity contribution >= 4 is 16.7 Å². The topological polar surface area (TPSA) is 70.7 Å². The Morgan fingerprint density at radius 3 is 3.00 bits per heavy atom. The number of nitrogens with zero attached hydrogens (tertiary/aromatic N) is 2. The summed E-state index contributed by atoms with van der Waals surface area (Å²) in [4.78, 5) is 22.8. The zero-order chi connectivity index (χ0) is 12.8. The third-order valence-corrected chi connectivity index (χ3v) is 4.62. The number of anilines is 1. The standard InChI is InChI=1S/C14H16N4O/c19-14-12-10(3-4-15-14)13(17-7-16-12)18-11-6-8-1-2-9(11)5-8/h3-4,7-9,11H,1-2,5-6H2,(H,15,19)(H,16,17,18)/t8-,9+,11+/m0/s1. The zero-order valence-electron chi connectivity index (χ0n) is 10.6. The van der Waals surface area contributed by atoms with E-state index in [-0.39, 0.29) is 5.56 Å². The third-order valence-electron chi connectivity index (χ3n) is 4.62. The lowest BCUT2D eigenvalue weighted by Crippen LogP contribution is -2.26. The number of nitrogens with one attached hydrogen (secondary N) is 2. The van der Waals surface area contributed by atoms with Crippen LogP contribution < -0.4 is 10.9 Å². The Morgan fingerprint density at radius 1 is 1.26 bits per heavy atom. The Bertz CT molecular complexity index is 680. The number of fused-ring (bicyclic) bond motifs is 3. The molecule has 2 fully saturated rings. The molecule has 0 unspecified atom stereocenters. The van der Waals surface area contributed by atoms with Crippen LogP contribution in [0.15, 0.2) is 23.4 Å². The lowest BCUT2D eigenvalue weighted by molar-refractivity contribution is 0.439. The van der Waals surface area contributed by atoms with Crippen molar-refractivity contribution in [2.75, 3.05) is 5.32 Å². The van der Waals surface area contributed by atoms with Crippen LogP contribution in [0.5, 0.6) is 0 Å². The van der Waals surface area contributed by atoms with Gasteiger partial charge in [-0.2, -0.15) is 0 Å². The third kappa shape index (κ3) is 1.72. The highest BCUT2D eigenvalue weighted by molar-refractivity contribution is 5.87. The predicted molar refractivity (Wildman–Crippen MR) is 73.0 cm³/mol. The van der Waals surface area contributed by atoms with Gasteiger partial charge in [0.05, 0.1) is 0 Å². The molecule has 3 atom stereocenters. The van der Waals surface area contributed by atoms with Gasteiger partial charge in [-0.05, 0) is 37.2 Å². The summed E-state index contributed by atoms with van der Waals surface area (Å²) in [7, 11) is 0. The van der Waals surface area contributed by atoms with Crippen molar-refractivity contribution in [1.82, 2.24) is 15.0 Å². The lowest BCUT2D eigenvalue weighted by atomic mass is 9.95. The number of H-pyrrole nitrogens is 1. The van der Waals surface area contributed by atoms with E-state index in [2.05, 4.69) is 20.3 Å². The fourth-order valence-electron chi connectivity index (χ4n) is 3.72. The molecule has 98 valence electrons. The molecular formula is C14H16N4O. The zero-order valence-corrected chi connectivity index (χ0v) is 10.6. The quantitative estimate of drug-likeness (QED) is 0.861. The maximum Gasteiger partial charge on any atom is 0.274 e. The molecule has 4 rings (SSSR count). The van der Waals surface area contributed by atoms with Crippen LogP contribution in [0.25, 0.3) is 10.9 Å². The van der Waals surface area contributed by atoms with E-state index >= 15 is 0 Å². The normalized spacial score (nSPS) is 28.9. The summed E-state index contributed by atoms with van der Waals surface area (Å²) in [6, 6.07) is 2.38. The van der Waals surface area contributed by atoms with Gasteiger partial charge in [-0.1, -0.05) is 6.42 Å². The first-order valence-electron chi connectivity index (χ1n) is 6.90. The van der Waals surface area contributed by atoms with E-state index < -0.39 is 0 Å². The van der Waals surface area contributed by atoms with Crippen LogP contribution in [-0.4, -0.2) is 21.0 Å².